The summed E-state index contributed by atoms with van der Waals surface area (Å²) in [7, 11) is -3.43. The van der Waals surface area contributed by atoms with E-state index in [9.17, 15) is 13.5 Å². The Bertz CT molecular complexity index is 551. The molecule has 1 heterocycles. The van der Waals surface area contributed by atoms with Crippen molar-refractivity contribution in [3.63, 3.8) is 0 Å². The van der Waals surface area contributed by atoms with Crippen molar-refractivity contribution in [2.24, 2.45) is 5.92 Å². The van der Waals surface area contributed by atoms with Crippen molar-refractivity contribution in [2.75, 3.05) is 6.54 Å². The Morgan fingerprint density at radius 3 is 2.40 bits per heavy atom. The van der Waals surface area contributed by atoms with Crippen molar-refractivity contribution in [3.8, 4) is 0 Å². The zero-order chi connectivity index (χ0) is 14.9. The standard InChI is InChI=1S/C15H23NO3S/c1-11-5-4-10-16(12(11)2)20(18,19)15-8-6-14(7-9-15)13(3)17/h6-9,11-13,17H,4-5,10H2,1-3H3. The third-order valence-corrected chi connectivity index (χ3v) is 6.29. The lowest BCUT2D eigenvalue weighted by Gasteiger charge is -2.36. The molecule has 2 rings (SSSR count). The van der Waals surface area contributed by atoms with Crippen LogP contribution in [0.1, 0.15) is 45.3 Å². The molecule has 1 aliphatic rings. The first-order chi connectivity index (χ1) is 9.34. The van der Waals surface area contributed by atoms with E-state index in [-0.39, 0.29) is 6.04 Å². The van der Waals surface area contributed by atoms with Crippen LogP contribution in [0.4, 0.5) is 0 Å². The summed E-state index contributed by atoms with van der Waals surface area (Å²) in [5.41, 5.74) is 0.726. The highest BCUT2D eigenvalue weighted by molar-refractivity contribution is 7.89. The molecule has 1 saturated heterocycles. The van der Waals surface area contributed by atoms with E-state index in [0.29, 0.717) is 17.4 Å². The molecule has 5 heteroatoms. The van der Waals surface area contributed by atoms with Crippen LogP contribution in [0, 0.1) is 5.92 Å². The highest BCUT2D eigenvalue weighted by atomic mass is 32.2. The van der Waals surface area contributed by atoms with E-state index >= 15 is 0 Å². The summed E-state index contributed by atoms with van der Waals surface area (Å²) in [6.07, 6.45) is 1.41. The monoisotopic (exact) mass is 297 g/mol. The second kappa shape index (κ2) is 5.84. The van der Waals surface area contributed by atoms with Crippen LogP contribution in [-0.4, -0.2) is 30.4 Å². The molecule has 1 fully saturated rings. The Balaban J connectivity index is 2.30. The summed E-state index contributed by atoms with van der Waals surface area (Å²) in [5, 5.41) is 9.48. The fourth-order valence-electron chi connectivity index (χ4n) is 2.69. The SMILES string of the molecule is CC(O)c1ccc(S(=O)(=O)N2CCCC(C)C2C)cc1. The maximum absolute atomic E-state index is 12.7. The molecule has 3 atom stereocenters. The zero-order valence-corrected chi connectivity index (χ0v) is 13.1. The van der Waals surface area contributed by atoms with Gasteiger partial charge in [-0.05, 0) is 50.3 Å². The molecule has 1 aromatic carbocycles. The average molecular weight is 297 g/mol. The Labute approximate surface area is 121 Å². The first-order valence-corrected chi connectivity index (χ1v) is 8.58. The minimum Gasteiger partial charge on any atom is -0.389 e. The second-order valence-corrected chi connectivity index (χ2v) is 7.61. The van der Waals surface area contributed by atoms with Crippen LogP contribution in [0.2, 0.25) is 0 Å². The van der Waals surface area contributed by atoms with E-state index in [1.54, 1.807) is 35.5 Å². The van der Waals surface area contributed by atoms with E-state index in [1.807, 2.05) is 6.92 Å². The molecule has 0 saturated carbocycles. The van der Waals surface area contributed by atoms with Gasteiger partial charge < -0.3 is 5.11 Å². The quantitative estimate of drug-likeness (QED) is 0.933. The molecule has 4 nitrogen and oxygen atoms in total. The lowest BCUT2D eigenvalue weighted by atomic mass is 9.94. The summed E-state index contributed by atoms with van der Waals surface area (Å²) in [5.74, 6) is 0.385. The number of benzene rings is 1. The predicted molar refractivity (Wildman–Crippen MR) is 78.8 cm³/mol. The highest BCUT2D eigenvalue weighted by Crippen LogP contribution is 2.29. The summed E-state index contributed by atoms with van der Waals surface area (Å²) < 4.78 is 27.0. The number of hydrogen-bond donors (Lipinski definition) is 1. The van der Waals surface area contributed by atoms with Gasteiger partial charge in [0.2, 0.25) is 10.0 Å². The number of rotatable bonds is 3. The molecule has 0 amide bonds. The van der Waals surface area contributed by atoms with Crippen LogP contribution in [0.3, 0.4) is 0 Å². The van der Waals surface area contributed by atoms with E-state index in [2.05, 4.69) is 6.92 Å². The Hall–Kier alpha value is -0.910. The number of sulfonamides is 1. The van der Waals surface area contributed by atoms with Gasteiger partial charge >= 0.3 is 0 Å². The average Bonchev–Trinajstić information content (AvgIpc) is 2.41. The summed E-state index contributed by atoms with van der Waals surface area (Å²) in [4.78, 5) is 0.308. The van der Waals surface area contributed by atoms with Crippen molar-refractivity contribution >= 4 is 10.0 Å². The third-order valence-electron chi connectivity index (χ3n) is 4.28. The summed E-state index contributed by atoms with van der Waals surface area (Å²) >= 11 is 0. The first kappa shape index (κ1) is 15.5. The van der Waals surface area contributed by atoms with Crippen LogP contribution in [0.25, 0.3) is 0 Å². The summed E-state index contributed by atoms with van der Waals surface area (Å²) in [6.45, 7) is 6.33. The minimum absolute atomic E-state index is 0.0326. The molecule has 0 aromatic heterocycles. The number of aliphatic hydroxyl groups is 1. The Morgan fingerprint density at radius 2 is 1.85 bits per heavy atom. The maximum atomic E-state index is 12.7. The zero-order valence-electron chi connectivity index (χ0n) is 12.3. The maximum Gasteiger partial charge on any atom is 0.243 e. The van der Waals surface area contributed by atoms with E-state index in [1.165, 1.54) is 0 Å². The molecular weight excluding hydrogens is 274 g/mol. The molecule has 0 radical (unpaired) electrons. The summed E-state index contributed by atoms with van der Waals surface area (Å²) in [6, 6.07) is 6.56. The molecule has 0 spiro atoms. The van der Waals surface area contributed by atoms with Crippen LogP contribution >= 0.6 is 0 Å². The van der Waals surface area contributed by atoms with Crippen molar-refractivity contribution in [2.45, 2.75) is 50.7 Å². The van der Waals surface area contributed by atoms with Gasteiger partial charge in [-0.3, -0.25) is 0 Å². The largest absolute Gasteiger partial charge is 0.389 e. The van der Waals surface area contributed by atoms with Gasteiger partial charge in [0.15, 0.2) is 0 Å². The molecule has 112 valence electrons. The molecule has 20 heavy (non-hydrogen) atoms. The highest BCUT2D eigenvalue weighted by Gasteiger charge is 2.34. The second-order valence-electron chi connectivity index (χ2n) is 5.72. The van der Waals surface area contributed by atoms with Crippen LogP contribution in [0.15, 0.2) is 29.2 Å². The molecule has 1 aliphatic heterocycles. The van der Waals surface area contributed by atoms with Gasteiger partial charge in [0.05, 0.1) is 11.0 Å². The molecular formula is C15H23NO3S. The number of piperidine rings is 1. The molecule has 0 bridgehead atoms. The first-order valence-electron chi connectivity index (χ1n) is 7.14. The third kappa shape index (κ3) is 2.90. The van der Waals surface area contributed by atoms with Gasteiger partial charge in [0, 0.05) is 12.6 Å². The topological polar surface area (TPSA) is 57.6 Å². The van der Waals surface area contributed by atoms with Crippen molar-refractivity contribution in [3.05, 3.63) is 29.8 Å². The Kier molecular flexibility index (Phi) is 4.52. The van der Waals surface area contributed by atoms with Gasteiger partial charge in [-0.2, -0.15) is 4.31 Å². The van der Waals surface area contributed by atoms with Gasteiger partial charge in [0.25, 0.3) is 0 Å². The van der Waals surface area contributed by atoms with E-state index in [4.69, 9.17) is 0 Å². The fourth-order valence-corrected chi connectivity index (χ4v) is 4.46. The van der Waals surface area contributed by atoms with Crippen LogP contribution < -0.4 is 0 Å². The van der Waals surface area contributed by atoms with Crippen molar-refractivity contribution in [1.82, 2.24) is 4.31 Å². The molecule has 3 unspecified atom stereocenters. The number of hydrogen-bond acceptors (Lipinski definition) is 3. The van der Waals surface area contributed by atoms with E-state index < -0.39 is 16.1 Å². The van der Waals surface area contributed by atoms with Gasteiger partial charge in [-0.25, -0.2) is 8.42 Å². The van der Waals surface area contributed by atoms with Crippen molar-refractivity contribution < 1.29 is 13.5 Å². The van der Waals surface area contributed by atoms with E-state index in [0.717, 1.165) is 18.4 Å². The van der Waals surface area contributed by atoms with Crippen molar-refractivity contribution in [1.29, 1.82) is 0 Å². The van der Waals surface area contributed by atoms with Gasteiger partial charge in [-0.1, -0.05) is 19.1 Å². The normalized spacial score (nSPS) is 26.4. The molecule has 1 N–H and O–H groups in total. The van der Waals surface area contributed by atoms with Gasteiger partial charge in [0.1, 0.15) is 0 Å². The minimum atomic E-state index is -3.43. The molecule has 1 aromatic rings. The smallest absolute Gasteiger partial charge is 0.243 e. The lowest BCUT2D eigenvalue weighted by molar-refractivity contribution is 0.199. The number of nitrogens with zero attached hydrogens (tertiary/aromatic N) is 1. The lowest BCUT2D eigenvalue weighted by Crippen LogP contribution is -2.45. The Morgan fingerprint density at radius 1 is 1.25 bits per heavy atom. The molecule has 0 aliphatic carbocycles. The fraction of sp³-hybridized carbons (Fsp3) is 0.600. The predicted octanol–water partition coefficient (Wildman–Crippen LogP) is 2.55. The van der Waals surface area contributed by atoms with Crippen LogP contribution in [0.5, 0.6) is 0 Å². The van der Waals surface area contributed by atoms with Gasteiger partial charge in [-0.15, -0.1) is 0 Å². The number of aliphatic hydroxyl groups excluding tert-OH is 1. The van der Waals surface area contributed by atoms with Crippen LogP contribution in [-0.2, 0) is 10.0 Å².